The smallest absolute Gasteiger partial charge is 0.255 e. The Hall–Kier alpha value is -3.60. The van der Waals surface area contributed by atoms with Crippen LogP contribution in [-0.4, -0.2) is 35.9 Å². The first-order chi connectivity index (χ1) is 15.7. The Morgan fingerprint density at radius 3 is 2.41 bits per heavy atom. The molecule has 164 valence electrons. The minimum atomic E-state index is -0.558. The first kappa shape index (κ1) is 21.6. The van der Waals surface area contributed by atoms with Gasteiger partial charge in [0.15, 0.2) is 0 Å². The summed E-state index contributed by atoms with van der Waals surface area (Å²) in [6.45, 7) is 3.56. The van der Waals surface area contributed by atoms with Crippen molar-refractivity contribution in [2.24, 2.45) is 0 Å². The van der Waals surface area contributed by atoms with Crippen LogP contribution in [0.4, 0.5) is 0 Å². The van der Waals surface area contributed by atoms with Gasteiger partial charge in [-0.3, -0.25) is 9.59 Å². The number of nitrogens with one attached hydrogen (secondary N) is 1. The van der Waals surface area contributed by atoms with Crippen molar-refractivity contribution >= 4 is 11.8 Å². The summed E-state index contributed by atoms with van der Waals surface area (Å²) in [6, 6.07) is 24.8. The van der Waals surface area contributed by atoms with E-state index < -0.39 is 6.04 Å². The number of nitrogens with zero attached hydrogens (tertiary/aromatic N) is 1. The maximum absolute atomic E-state index is 13.2. The van der Waals surface area contributed by atoms with Gasteiger partial charge in [-0.15, -0.1) is 0 Å². The molecule has 3 aromatic carbocycles. The summed E-state index contributed by atoms with van der Waals surface area (Å²) >= 11 is 0. The van der Waals surface area contributed by atoms with Gasteiger partial charge in [-0.2, -0.15) is 0 Å². The van der Waals surface area contributed by atoms with E-state index in [1.165, 1.54) is 0 Å². The average molecular weight is 429 g/mol. The van der Waals surface area contributed by atoms with Gasteiger partial charge in [-0.1, -0.05) is 60.7 Å². The lowest BCUT2D eigenvalue weighted by atomic mass is 10.0. The molecular weight excluding hydrogens is 400 g/mol. The van der Waals surface area contributed by atoms with Crippen molar-refractivity contribution in [3.05, 3.63) is 101 Å². The van der Waals surface area contributed by atoms with Gasteiger partial charge in [0.05, 0.1) is 6.61 Å². The van der Waals surface area contributed by atoms with Crippen molar-refractivity contribution in [1.29, 1.82) is 0 Å². The molecule has 32 heavy (non-hydrogen) atoms. The lowest BCUT2D eigenvalue weighted by molar-refractivity contribution is -0.125. The van der Waals surface area contributed by atoms with Gasteiger partial charge < -0.3 is 15.0 Å². The number of rotatable bonds is 9. The molecular formula is C27H28N2O3. The fourth-order valence-corrected chi connectivity index (χ4v) is 4.08. The highest BCUT2D eigenvalue weighted by molar-refractivity contribution is 6.01. The predicted molar refractivity (Wildman–Crippen MR) is 125 cm³/mol. The number of hydrogen-bond acceptors (Lipinski definition) is 3. The molecule has 1 aliphatic rings. The Bertz CT molecular complexity index is 1060. The molecule has 1 atom stereocenters. The number of hydrogen-bond donors (Lipinski definition) is 1. The van der Waals surface area contributed by atoms with E-state index in [1.54, 1.807) is 4.90 Å². The molecule has 1 heterocycles. The van der Waals surface area contributed by atoms with E-state index in [1.807, 2.05) is 85.8 Å². The Kier molecular flexibility index (Phi) is 6.85. The predicted octanol–water partition coefficient (Wildman–Crippen LogP) is 4.01. The van der Waals surface area contributed by atoms with Gasteiger partial charge in [-0.05, 0) is 48.2 Å². The van der Waals surface area contributed by atoms with Crippen LogP contribution in [-0.2, 0) is 24.2 Å². The normalized spacial score (nSPS) is 13.5. The minimum absolute atomic E-state index is 0.0804. The highest BCUT2D eigenvalue weighted by Gasteiger charge is 2.36. The van der Waals surface area contributed by atoms with Crippen LogP contribution in [0.5, 0.6) is 5.75 Å². The van der Waals surface area contributed by atoms with E-state index in [9.17, 15) is 9.59 Å². The SMILES string of the molecule is CCOc1ccc(CCNC(=O)[C@H](Cc2ccccc2)N2Cc3ccccc3C2=O)cc1. The van der Waals surface area contributed by atoms with E-state index >= 15 is 0 Å². The molecule has 4 rings (SSSR count). The number of fused-ring (bicyclic) bond motifs is 1. The van der Waals surface area contributed by atoms with E-state index in [-0.39, 0.29) is 11.8 Å². The number of carbonyl (C=O) groups excluding carboxylic acids is 2. The van der Waals surface area contributed by atoms with Gasteiger partial charge in [0.2, 0.25) is 5.91 Å². The van der Waals surface area contributed by atoms with Crippen LogP contribution in [0.25, 0.3) is 0 Å². The topological polar surface area (TPSA) is 58.6 Å². The summed E-state index contributed by atoms with van der Waals surface area (Å²) in [5, 5.41) is 3.05. The first-order valence-corrected chi connectivity index (χ1v) is 11.1. The molecule has 0 saturated heterocycles. The number of amides is 2. The molecule has 0 spiro atoms. The first-order valence-electron chi connectivity index (χ1n) is 11.1. The van der Waals surface area contributed by atoms with Crippen LogP contribution in [0, 0.1) is 0 Å². The standard InChI is InChI=1S/C27H28N2O3/c1-2-32-23-14-12-20(13-15-23)16-17-28-26(30)25(18-21-8-4-3-5-9-21)29-19-22-10-6-7-11-24(22)27(29)31/h3-15,25H,2,16-19H2,1H3,(H,28,30)/t25-/m0/s1. The second kappa shape index (κ2) is 10.1. The van der Waals surface area contributed by atoms with Crippen molar-refractivity contribution in [1.82, 2.24) is 10.2 Å². The molecule has 0 bridgehead atoms. The van der Waals surface area contributed by atoms with Crippen LogP contribution >= 0.6 is 0 Å². The van der Waals surface area contributed by atoms with Crippen LogP contribution in [0.3, 0.4) is 0 Å². The molecule has 0 aromatic heterocycles. The van der Waals surface area contributed by atoms with Crippen molar-refractivity contribution in [3.8, 4) is 5.75 Å². The Morgan fingerprint density at radius 1 is 0.969 bits per heavy atom. The summed E-state index contributed by atoms with van der Waals surface area (Å²) in [6.07, 6.45) is 1.19. The number of ether oxygens (including phenoxy) is 1. The molecule has 0 unspecified atom stereocenters. The number of carbonyl (C=O) groups is 2. The van der Waals surface area contributed by atoms with E-state index in [4.69, 9.17) is 4.74 Å². The molecule has 0 aliphatic carbocycles. The highest BCUT2D eigenvalue weighted by atomic mass is 16.5. The lowest BCUT2D eigenvalue weighted by Crippen LogP contribution is -2.48. The zero-order chi connectivity index (χ0) is 22.3. The molecule has 1 aliphatic heterocycles. The maximum atomic E-state index is 13.2. The second-order valence-electron chi connectivity index (χ2n) is 7.91. The lowest BCUT2D eigenvalue weighted by Gasteiger charge is -2.27. The molecule has 3 aromatic rings. The fourth-order valence-electron chi connectivity index (χ4n) is 4.08. The summed E-state index contributed by atoms with van der Waals surface area (Å²) in [4.78, 5) is 28.0. The van der Waals surface area contributed by atoms with E-state index in [0.29, 0.717) is 38.1 Å². The minimum Gasteiger partial charge on any atom is -0.494 e. The Balaban J connectivity index is 1.44. The summed E-state index contributed by atoms with van der Waals surface area (Å²) in [7, 11) is 0. The molecule has 0 radical (unpaired) electrons. The van der Waals surface area contributed by atoms with Gasteiger partial charge in [0, 0.05) is 25.1 Å². The van der Waals surface area contributed by atoms with Crippen molar-refractivity contribution < 1.29 is 14.3 Å². The van der Waals surface area contributed by atoms with Crippen LogP contribution < -0.4 is 10.1 Å². The molecule has 0 saturated carbocycles. The van der Waals surface area contributed by atoms with Gasteiger partial charge in [0.25, 0.3) is 5.91 Å². The van der Waals surface area contributed by atoms with Crippen molar-refractivity contribution in [2.75, 3.05) is 13.2 Å². The molecule has 0 fully saturated rings. The van der Waals surface area contributed by atoms with Crippen LogP contribution in [0.2, 0.25) is 0 Å². The zero-order valence-electron chi connectivity index (χ0n) is 18.3. The number of benzene rings is 3. The molecule has 2 amide bonds. The third-order valence-corrected chi connectivity index (χ3v) is 5.75. The molecule has 5 heteroatoms. The average Bonchev–Trinajstić information content (AvgIpc) is 3.16. The van der Waals surface area contributed by atoms with Crippen molar-refractivity contribution in [2.45, 2.75) is 32.4 Å². The highest BCUT2D eigenvalue weighted by Crippen LogP contribution is 2.26. The summed E-state index contributed by atoms with van der Waals surface area (Å²) in [5.74, 6) is 0.638. The van der Waals surface area contributed by atoms with Crippen LogP contribution in [0.15, 0.2) is 78.9 Å². The van der Waals surface area contributed by atoms with E-state index in [2.05, 4.69) is 5.32 Å². The van der Waals surface area contributed by atoms with E-state index in [0.717, 1.165) is 22.4 Å². The largest absolute Gasteiger partial charge is 0.494 e. The monoisotopic (exact) mass is 428 g/mol. The Labute approximate surface area is 189 Å². The molecule has 5 nitrogen and oxygen atoms in total. The fraction of sp³-hybridized carbons (Fsp3) is 0.259. The Morgan fingerprint density at radius 2 is 1.69 bits per heavy atom. The quantitative estimate of drug-likeness (QED) is 0.560. The maximum Gasteiger partial charge on any atom is 0.255 e. The third-order valence-electron chi connectivity index (χ3n) is 5.75. The summed E-state index contributed by atoms with van der Waals surface area (Å²) in [5.41, 5.74) is 3.81. The van der Waals surface area contributed by atoms with Crippen LogP contribution in [0.1, 0.15) is 34.0 Å². The zero-order valence-corrected chi connectivity index (χ0v) is 18.3. The summed E-state index contributed by atoms with van der Waals surface area (Å²) < 4.78 is 5.48. The van der Waals surface area contributed by atoms with Gasteiger partial charge >= 0.3 is 0 Å². The third kappa shape index (κ3) is 4.99. The van der Waals surface area contributed by atoms with Gasteiger partial charge in [0.1, 0.15) is 11.8 Å². The van der Waals surface area contributed by atoms with Gasteiger partial charge in [-0.25, -0.2) is 0 Å². The molecule has 1 N–H and O–H groups in total. The van der Waals surface area contributed by atoms with Crippen molar-refractivity contribution in [3.63, 3.8) is 0 Å². The second-order valence-corrected chi connectivity index (χ2v) is 7.91.